The maximum atomic E-state index is 13.0. The summed E-state index contributed by atoms with van der Waals surface area (Å²) in [5.41, 5.74) is 7.65. The smallest absolute Gasteiger partial charge is 0.124 e. The van der Waals surface area contributed by atoms with Crippen LogP contribution in [0.15, 0.2) is 40.9 Å². The Hall–Kier alpha value is -0.610. The predicted octanol–water partition coefficient (Wildman–Crippen LogP) is 4.94. The Morgan fingerprint density at radius 1 is 1.06 bits per heavy atom. The highest BCUT2D eigenvalue weighted by molar-refractivity contribution is 9.10. The van der Waals surface area contributed by atoms with Gasteiger partial charge in [-0.25, -0.2) is 4.39 Å². The van der Waals surface area contributed by atoms with Crippen LogP contribution in [0.5, 0.6) is 0 Å². The van der Waals surface area contributed by atoms with Crippen LogP contribution in [0.1, 0.15) is 17.2 Å². The lowest BCUT2D eigenvalue weighted by Gasteiger charge is -2.16. The number of hydrogen-bond acceptors (Lipinski definition) is 1. The summed E-state index contributed by atoms with van der Waals surface area (Å²) in [4.78, 5) is 0. The molecule has 0 spiro atoms. The van der Waals surface area contributed by atoms with E-state index >= 15 is 0 Å². The minimum Gasteiger partial charge on any atom is -0.320 e. The lowest BCUT2D eigenvalue weighted by atomic mass is 9.99. The first kappa shape index (κ1) is 13.8. The van der Waals surface area contributed by atoms with Crippen LogP contribution in [0.2, 0.25) is 10.0 Å². The van der Waals surface area contributed by atoms with Crippen LogP contribution >= 0.6 is 39.1 Å². The molecule has 18 heavy (non-hydrogen) atoms. The zero-order chi connectivity index (χ0) is 13.3. The Morgan fingerprint density at radius 2 is 1.72 bits per heavy atom. The molecule has 0 aliphatic heterocycles. The number of halogens is 4. The predicted molar refractivity (Wildman–Crippen MR) is 76.6 cm³/mol. The Balaban J connectivity index is 2.44. The molecule has 5 heteroatoms. The third-order valence-electron chi connectivity index (χ3n) is 2.60. The SMILES string of the molecule is NC(c1ccc(Cl)cc1Cl)c1ccc(F)cc1Br. The molecule has 0 fully saturated rings. The molecule has 0 aliphatic rings. The Morgan fingerprint density at radius 3 is 2.33 bits per heavy atom. The third-order valence-corrected chi connectivity index (χ3v) is 3.84. The van der Waals surface area contributed by atoms with Crippen molar-refractivity contribution < 1.29 is 4.39 Å². The largest absolute Gasteiger partial charge is 0.320 e. The van der Waals surface area contributed by atoms with Crippen LogP contribution in [0.4, 0.5) is 4.39 Å². The van der Waals surface area contributed by atoms with Crippen LogP contribution < -0.4 is 5.73 Å². The quantitative estimate of drug-likeness (QED) is 0.816. The van der Waals surface area contributed by atoms with E-state index in [9.17, 15) is 4.39 Å². The maximum Gasteiger partial charge on any atom is 0.124 e. The van der Waals surface area contributed by atoms with E-state index in [1.165, 1.54) is 12.1 Å². The summed E-state index contributed by atoms with van der Waals surface area (Å²) >= 11 is 15.2. The summed E-state index contributed by atoms with van der Waals surface area (Å²) in [7, 11) is 0. The molecule has 0 amide bonds. The Labute approximate surface area is 123 Å². The highest BCUT2D eigenvalue weighted by Gasteiger charge is 2.15. The minimum atomic E-state index is -0.440. The fraction of sp³-hybridized carbons (Fsp3) is 0.0769. The molecular weight excluding hydrogens is 340 g/mol. The van der Waals surface area contributed by atoms with Crippen molar-refractivity contribution in [2.75, 3.05) is 0 Å². The normalized spacial score (nSPS) is 12.5. The molecule has 0 saturated heterocycles. The van der Waals surface area contributed by atoms with Gasteiger partial charge in [0.15, 0.2) is 0 Å². The molecule has 1 unspecified atom stereocenters. The fourth-order valence-electron chi connectivity index (χ4n) is 1.67. The van der Waals surface area contributed by atoms with Gasteiger partial charge < -0.3 is 5.73 Å². The molecule has 2 N–H and O–H groups in total. The van der Waals surface area contributed by atoms with Crippen molar-refractivity contribution in [3.05, 3.63) is 67.9 Å². The second-order valence-corrected chi connectivity index (χ2v) is 5.51. The summed E-state index contributed by atoms with van der Waals surface area (Å²) in [6, 6.07) is 9.06. The van der Waals surface area contributed by atoms with Gasteiger partial charge in [0.2, 0.25) is 0 Å². The number of nitrogens with two attached hydrogens (primary N) is 1. The summed E-state index contributed by atoms with van der Waals surface area (Å²) in [5, 5.41) is 1.04. The highest BCUT2D eigenvalue weighted by Crippen LogP contribution is 2.32. The van der Waals surface area contributed by atoms with Crippen molar-refractivity contribution in [2.24, 2.45) is 5.73 Å². The van der Waals surface area contributed by atoms with Gasteiger partial charge in [0.1, 0.15) is 5.82 Å². The van der Waals surface area contributed by atoms with E-state index in [4.69, 9.17) is 28.9 Å². The Bertz CT molecular complexity index is 538. The van der Waals surface area contributed by atoms with Gasteiger partial charge in [0.25, 0.3) is 0 Å². The molecule has 2 aromatic carbocycles. The first-order valence-electron chi connectivity index (χ1n) is 5.14. The second kappa shape index (κ2) is 5.57. The van der Waals surface area contributed by atoms with Gasteiger partial charge in [-0.3, -0.25) is 0 Å². The highest BCUT2D eigenvalue weighted by atomic mass is 79.9. The second-order valence-electron chi connectivity index (χ2n) is 3.81. The number of rotatable bonds is 2. The van der Waals surface area contributed by atoms with Gasteiger partial charge in [-0.05, 0) is 35.4 Å². The zero-order valence-electron chi connectivity index (χ0n) is 9.13. The van der Waals surface area contributed by atoms with Crippen LogP contribution in [0.25, 0.3) is 0 Å². The maximum absolute atomic E-state index is 13.0. The van der Waals surface area contributed by atoms with Crippen molar-refractivity contribution in [2.45, 2.75) is 6.04 Å². The van der Waals surface area contributed by atoms with Gasteiger partial charge >= 0.3 is 0 Å². The zero-order valence-corrected chi connectivity index (χ0v) is 12.2. The van der Waals surface area contributed by atoms with E-state index in [2.05, 4.69) is 15.9 Å². The summed E-state index contributed by atoms with van der Waals surface area (Å²) < 4.78 is 13.6. The molecule has 2 rings (SSSR count). The summed E-state index contributed by atoms with van der Waals surface area (Å²) in [6.07, 6.45) is 0. The van der Waals surface area contributed by atoms with Crippen molar-refractivity contribution in [3.8, 4) is 0 Å². The van der Waals surface area contributed by atoms with Gasteiger partial charge in [0, 0.05) is 14.5 Å². The molecule has 0 aliphatic carbocycles. The van der Waals surface area contributed by atoms with E-state index < -0.39 is 6.04 Å². The molecule has 0 aromatic heterocycles. The van der Waals surface area contributed by atoms with Gasteiger partial charge in [-0.2, -0.15) is 0 Å². The van der Waals surface area contributed by atoms with Crippen LogP contribution in [0.3, 0.4) is 0 Å². The van der Waals surface area contributed by atoms with E-state index in [0.29, 0.717) is 14.5 Å². The lowest BCUT2D eigenvalue weighted by Crippen LogP contribution is -2.13. The molecule has 2 aromatic rings. The van der Waals surface area contributed by atoms with Crippen LogP contribution in [-0.4, -0.2) is 0 Å². The fourth-order valence-corrected chi connectivity index (χ4v) is 2.80. The van der Waals surface area contributed by atoms with E-state index in [1.807, 2.05) is 0 Å². The standard InChI is InChI=1S/C13H9BrCl2FN/c14-11-6-8(17)2-4-9(11)13(18)10-3-1-7(15)5-12(10)16/h1-6,13H,18H2. The van der Waals surface area contributed by atoms with E-state index in [1.54, 1.807) is 24.3 Å². The molecule has 0 bridgehead atoms. The monoisotopic (exact) mass is 347 g/mol. The van der Waals surface area contributed by atoms with Crippen molar-refractivity contribution >= 4 is 39.1 Å². The van der Waals surface area contributed by atoms with Gasteiger partial charge in [-0.1, -0.05) is 51.3 Å². The first-order valence-corrected chi connectivity index (χ1v) is 6.69. The van der Waals surface area contributed by atoms with Crippen LogP contribution in [0, 0.1) is 5.82 Å². The summed E-state index contributed by atoms with van der Waals surface area (Å²) in [6.45, 7) is 0. The lowest BCUT2D eigenvalue weighted by molar-refractivity contribution is 0.625. The topological polar surface area (TPSA) is 26.0 Å². The number of benzene rings is 2. The van der Waals surface area contributed by atoms with Gasteiger partial charge in [0.05, 0.1) is 6.04 Å². The van der Waals surface area contributed by atoms with Crippen LogP contribution in [-0.2, 0) is 0 Å². The first-order chi connectivity index (χ1) is 8.49. The number of hydrogen-bond donors (Lipinski definition) is 1. The molecule has 1 atom stereocenters. The summed E-state index contributed by atoms with van der Waals surface area (Å²) in [5.74, 6) is -0.319. The third kappa shape index (κ3) is 2.86. The average molecular weight is 349 g/mol. The van der Waals surface area contributed by atoms with Crippen molar-refractivity contribution in [1.82, 2.24) is 0 Å². The van der Waals surface area contributed by atoms with Crippen molar-refractivity contribution in [1.29, 1.82) is 0 Å². The minimum absolute atomic E-state index is 0.319. The molecule has 1 nitrogen and oxygen atoms in total. The van der Waals surface area contributed by atoms with Crippen molar-refractivity contribution in [3.63, 3.8) is 0 Å². The molecule has 0 radical (unpaired) electrons. The molecule has 94 valence electrons. The van der Waals surface area contributed by atoms with E-state index in [-0.39, 0.29) is 5.82 Å². The van der Waals surface area contributed by atoms with Gasteiger partial charge in [-0.15, -0.1) is 0 Å². The molecule has 0 saturated carbocycles. The Kier molecular flexibility index (Phi) is 4.28. The van der Waals surface area contributed by atoms with E-state index in [0.717, 1.165) is 11.1 Å². The average Bonchev–Trinajstić information content (AvgIpc) is 2.28. The molecule has 0 heterocycles. The molecular formula is C13H9BrCl2FN.